The summed E-state index contributed by atoms with van der Waals surface area (Å²) in [6.07, 6.45) is -4.47. The Hall–Kier alpha value is -2.02. The van der Waals surface area contributed by atoms with E-state index in [-0.39, 0.29) is 17.2 Å². The second-order valence-electron chi connectivity index (χ2n) is 4.58. The van der Waals surface area contributed by atoms with E-state index < -0.39 is 11.7 Å². The largest absolute Gasteiger partial charge is 0.497 e. The summed E-state index contributed by atoms with van der Waals surface area (Å²) < 4.78 is 50.1. The number of oxazole rings is 1. The molecule has 0 saturated heterocycles. The molecular weight excluding hydrogens is 363 g/mol. The highest BCUT2D eigenvalue weighted by atomic mass is 79.9. The fourth-order valence-electron chi connectivity index (χ4n) is 2.03. The van der Waals surface area contributed by atoms with Crippen LogP contribution in [0, 0.1) is 0 Å². The van der Waals surface area contributed by atoms with Crippen LogP contribution in [0.25, 0.3) is 22.6 Å². The molecule has 0 bridgehead atoms. The van der Waals surface area contributed by atoms with Crippen LogP contribution in [0.5, 0.6) is 5.75 Å². The van der Waals surface area contributed by atoms with E-state index >= 15 is 0 Å². The molecule has 114 valence electrons. The standard InChI is InChI=1S/C15H9BrF3NO2/c1-21-11-5-8(4-9(6-11)15(17,18)19)14-20-12-7-10(16)2-3-13(12)22-14/h2-7H,1H3. The lowest BCUT2D eigenvalue weighted by Gasteiger charge is -2.10. The smallest absolute Gasteiger partial charge is 0.416 e. The summed E-state index contributed by atoms with van der Waals surface area (Å²) in [5, 5.41) is 0. The molecule has 0 N–H and O–H groups in total. The SMILES string of the molecule is COc1cc(-c2nc3cc(Br)ccc3o2)cc(C(F)(F)F)c1. The van der Waals surface area contributed by atoms with Crippen molar-refractivity contribution in [2.24, 2.45) is 0 Å². The molecule has 3 rings (SSSR count). The van der Waals surface area contributed by atoms with Crippen LogP contribution < -0.4 is 4.74 Å². The molecule has 0 saturated carbocycles. The number of benzene rings is 2. The summed E-state index contributed by atoms with van der Waals surface area (Å²) in [5.41, 5.74) is 0.444. The average molecular weight is 372 g/mol. The van der Waals surface area contributed by atoms with Gasteiger partial charge in [-0.2, -0.15) is 13.2 Å². The molecule has 0 aliphatic rings. The summed E-state index contributed by atoms with van der Waals surface area (Å²) in [6, 6.07) is 8.57. The number of nitrogens with zero attached hydrogens (tertiary/aromatic N) is 1. The van der Waals surface area contributed by atoms with Crippen LogP contribution in [0.3, 0.4) is 0 Å². The highest BCUT2D eigenvalue weighted by Crippen LogP contribution is 2.36. The molecular formula is C15H9BrF3NO2. The van der Waals surface area contributed by atoms with Gasteiger partial charge < -0.3 is 9.15 Å². The van der Waals surface area contributed by atoms with Crippen molar-refractivity contribution in [2.75, 3.05) is 7.11 Å². The van der Waals surface area contributed by atoms with E-state index in [4.69, 9.17) is 9.15 Å². The number of fused-ring (bicyclic) bond motifs is 1. The van der Waals surface area contributed by atoms with E-state index in [0.717, 1.165) is 16.6 Å². The Balaban J connectivity index is 2.16. The third-order valence-corrected chi connectivity index (χ3v) is 3.56. The van der Waals surface area contributed by atoms with Crippen molar-refractivity contribution < 1.29 is 22.3 Å². The Labute approximate surface area is 131 Å². The zero-order valence-corrected chi connectivity index (χ0v) is 12.8. The second kappa shape index (κ2) is 5.31. The molecule has 0 atom stereocenters. The molecule has 1 heterocycles. The van der Waals surface area contributed by atoms with Crippen LogP contribution in [0.4, 0.5) is 13.2 Å². The van der Waals surface area contributed by atoms with Gasteiger partial charge in [-0.3, -0.25) is 0 Å². The minimum atomic E-state index is -4.47. The van der Waals surface area contributed by atoms with Crippen LogP contribution >= 0.6 is 15.9 Å². The molecule has 2 aromatic carbocycles. The van der Waals surface area contributed by atoms with Gasteiger partial charge in [0.05, 0.1) is 12.7 Å². The van der Waals surface area contributed by atoms with Gasteiger partial charge in [0.1, 0.15) is 11.3 Å². The normalized spacial score (nSPS) is 11.9. The topological polar surface area (TPSA) is 35.3 Å². The maximum Gasteiger partial charge on any atom is 0.416 e. The number of rotatable bonds is 2. The second-order valence-corrected chi connectivity index (χ2v) is 5.49. The van der Waals surface area contributed by atoms with Gasteiger partial charge >= 0.3 is 6.18 Å². The number of halogens is 4. The monoisotopic (exact) mass is 371 g/mol. The third kappa shape index (κ3) is 2.81. The Morgan fingerprint density at radius 2 is 1.91 bits per heavy atom. The van der Waals surface area contributed by atoms with E-state index in [1.165, 1.54) is 13.2 Å². The van der Waals surface area contributed by atoms with Crippen molar-refractivity contribution in [1.82, 2.24) is 4.98 Å². The Kier molecular flexibility index (Phi) is 3.60. The van der Waals surface area contributed by atoms with E-state index in [1.807, 2.05) is 0 Å². The molecule has 0 unspecified atom stereocenters. The summed E-state index contributed by atoms with van der Waals surface area (Å²) >= 11 is 3.31. The number of ether oxygens (including phenoxy) is 1. The summed E-state index contributed by atoms with van der Waals surface area (Å²) in [6.45, 7) is 0. The summed E-state index contributed by atoms with van der Waals surface area (Å²) in [5.74, 6) is 0.200. The number of hydrogen-bond acceptors (Lipinski definition) is 3. The lowest BCUT2D eigenvalue weighted by molar-refractivity contribution is -0.137. The highest BCUT2D eigenvalue weighted by molar-refractivity contribution is 9.10. The zero-order valence-electron chi connectivity index (χ0n) is 11.2. The number of alkyl halides is 3. The Bertz CT molecular complexity index is 842. The first-order valence-corrected chi connectivity index (χ1v) is 6.99. The Morgan fingerprint density at radius 3 is 2.59 bits per heavy atom. The quantitative estimate of drug-likeness (QED) is 0.614. The molecule has 0 spiro atoms. The van der Waals surface area contributed by atoms with Crippen molar-refractivity contribution in [3.63, 3.8) is 0 Å². The van der Waals surface area contributed by atoms with Gasteiger partial charge in [-0.25, -0.2) is 4.98 Å². The van der Waals surface area contributed by atoms with Crippen molar-refractivity contribution in [3.8, 4) is 17.2 Å². The molecule has 3 aromatic rings. The van der Waals surface area contributed by atoms with Gasteiger partial charge in [0.25, 0.3) is 0 Å². The minimum absolute atomic E-state index is 0.0910. The highest BCUT2D eigenvalue weighted by Gasteiger charge is 2.32. The van der Waals surface area contributed by atoms with Crippen LogP contribution in [-0.2, 0) is 6.18 Å². The van der Waals surface area contributed by atoms with E-state index in [1.54, 1.807) is 18.2 Å². The van der Waals surface area contributed by atoms with Crippen molar-refractivity contribution in [3.05, 3.63) is 46.4 Å². The minimum Gasteiger partial charge on any atom is -0.497 e. The summed E-state index contributed by atoms with van der Waals surface area (Å²) in [4.78, 5) is 4.22. The van der Waals surface area contributed by atoms with Gasteiger partial charge in [0, 0.05) is 10.0 Å². The van der Waals surface area contributed by atoms with Gasteiger partial charge in [-0.15, -0.1) is 0 Å². The van der Waals surface area contributed by atoms with Crippen molar-refractivity contribution >= 4 is 27.0 Å². The molecule has 7 heteroatoms. The van der Waals surface area contributed by atoms with Crippen molar-refractivity contribution in [2.45, 2.75) is 6.18 Å². The van der Waals surface area contributed by atoms with E-state index in [9.17, 15) is 13.2 Å². The van der Waals surface area contributed by atoms with Crippen LogP contribution in [-0.4, -0.2) is 12.1 Å². The summed E-state index contributed by atoms with van der Waals surface area (Å²) in [7, 11) is 1.31. The molecule has 0 aliphatic heterocycles. The fraction of sp³-hybridized carbons (Fsp3) is 0.133. The maximum absolute atomic E-state index is 12.9. The number of hydrogen-bond donors (Lipinski definition) is 0. The molecule has 0 fully saturated rings. The number of methoxy groups -OCH3 is 1. The van der Waals surface area contributed by atoms with Crippen molar-refractivity contribution in [1.29, 1.82) is 0 Å². The molecule has 0 amide bonds. The van der Waals surface area contributed by atoms with Gasteiger partial charge in [-0.1, -0.05) is 15.9 Å². The maximum atomic E-state index is 12.9. The lowest BCUT2D eigenvalue weighted by Crippen LogP contribution is -2.05. The first kappa shape index (κ1) is 14.9. The third-order valence-electron chi connectivity index (χ3n) is 3.07. The van der Waals surface area contributed by atoms with E-state index in [2.05, 4.69) is 20.9 Å². The van der Waals surface area contributed by atoms with Crippen LogP contribution in [0.15, 0.2) is 45.3 Å². The van der Waals surface area contributed by atoms with Gasteiger partial charge in [0.15, 0.2) is 5.58 Å². The van der Waals surface area contributed by atoms with Crippen LogP contribution in [0.1, 0.15) is 5.56 Å². The molecule has 0 aliphatic carbocycles. The van der Waals surface area contributed by atoms with E-state index in [0.29, 0.717) is 11.1 Å². The molecule has 3 nitrogen and oxygen atoms in total. The van der Waals surface area contributed by atoms with Crippen LogP contribution in [0.2, 0.25) is 0 Å². The fourth-order valence-corrected chi connectivity index (χ4v) is 2.38. The molecule has 1 aromatic heterocycles. The predicted octanol–water partition coefficient (Wildman–Crippen LogP) is 5.28. The Morgan fingerprint density at radius 1 is 1.14 bits per heavy atom. The lowest BCUT2D eigenvalue weighted by atomic mass is 10.1. The van der Waals surface area contributed by atoms with Gasteiger partial charge in [-0.05, 0) is 36.4 Å². The molecule has 0 radical (unpaired) electrons. The number of aromatic nitrogens is 1. The first-order valence-electron chi connectivity index (χ1n) is 6.19. The average Bonchev–Trinajstić information content (AvgIpc) is 2.88. The van der Waals surface area contributed by atoms with Gasteiger partial charge in [0.2, 0.25) is 5.89 Å². The first-order chi connectivity index (χ1) is 10.4. The zero-order chi connectivity index (χ0) is 15.9. The predicted molar refractivity (Wildman–Crippen MR) is 78.7 cm³/mol. The molecule has 22 heavy (non-hydrogen) atoms.